The van der Waals surface area contributed by atoms with Gasteiger partial charge in [-0.05, 0) is 32.9 Å². The highest BCUT2D eigenvalue weighted by Crippen LogP contribution is 2.21. The van der Waals surface area contributed by atoms with E-state index < -0.39 is 5.60 Å². The number of hydrogen-bond acceptors (Lipinski definition) is 5. The van der Waals surface area contributed by atoms with Crippen LogP contribution in [-0.4, -0.2) is 47.8 Å². The molecule has 118 valence electrons. The minimum atomic E-state index is -0.492. The summed E-state index contributed by atoms with van der Waals surface area (Å²) in [4.78, 5) is 19.7. The number of piperazine rings is 1. The first-order chi connectivity index (χ1) is 10.3. The lowest BCUT2D eigenvalue weighted by molar-refractivity contribution is 0.0240. The Morgan fingerprint density at radius 3 is 2.50 bits per heavy atom. The van der Waals surface area contributed by atoms with Crippen molar-refractivity contribution in [1.82, 2.24) is 9.88 Å². The van der Waals surface area contributed by atoms with Crippen LogP contribution in [0.3, 0.4) is 0 Å². The van der Waals surface area contributed by atoms with Gasteiger partial charge in [0, 0.05) is 31.9 Å². The standard InChI is InChI=1S/C15H19ClN4O2/c1-15(2,3)22-14(21)20-6-4-19(5-7-20)12-8-11(10-17)18-13(16)9-12/h8-9H,4-7H2,1-3H3. The Balaban J connectivity index is 1.99. The molecule has 0 unspecified atom stereocenters. The van der Waals surface area contributed by atoms with Crippen molar-refractivity contribution in [2.24, 2.45) is 0 Å². The third kappa shape index (κ3) is 4.25. The van der Waals surface area contributed by atoms with Crippen molar-refractivity contribution in [2.75, 3.05) is 31.1 Å². The van der Waals surface area contributed by atoms with E-state index in [0.717, 1.165) is 5.69 Å². The molecule has 0 saturated carbocycles. The number of anilines is 1. The summed E-state index contributed by atoms with van der Waals surface area (Å²) in [6.45, 7) is 8.00. The topological polar surface area (TPSA) is 69.5 Å². The Morgan fingerprint density at radius 1 is 1.32 bits per heavy atom. The molecule has 1 saturated heterocycles. The molecule has 0 aromatic carbocycles. The molecule has 1 aliphatic heterocycles. The number of carbonyl (C=O) groups excluding carboxylic acids is 1. The van der Waals surface area contributed by atoms with Gasteiger partial charge in [-0.1, -0.05) is 11.6 Å². The van der Waals surface area contributed by atoms with E-state index in [0.29, 0.717) is 31.3 Å². The number of rotatable bonds is 1. The molecule has 0 spiro atoms. The number of halogens is 1. The fourth-order valence-corrected chi connectivity index (χ4v) is 2.40. The van der Waals surface area contributed by atoms with Gasteiger partial charge in [0.15, 0.2) is 0 Å². The summed E-state index contributed by atoms with van der Waals surface area (Å²) in [5.41, 5.74) is 0.645. The van der Waals surface area contributed by atoms with Crippen LogP contribution < -0.4 is 4.90 Å². The Kier molecular flexibility index (Phi) is 4.77. The summed E-state index contributed by atoms with van der Waals surface area (Å²) >= 11 is 5.93. The Labute approximate surface area is 135 Å². The molecule has 0 bridgehead atoms. The minimum Gasteiger partial charge on any atom is -0.444 e. The fraction of sp³-hybridized carbons (Fsp3) is 0.533. The van der Waals surface area contributed by atoms with Crippen molar-refractivity contribution < 1.29 is 9.53 Å². The van der Waals surface area contributed by atoms with Crippen LogP contribution in [0, 0.1) is 11.3 Å². The molecular formula is C15H19ClN4O2. The maximum absolute atomic E-state index is 12.0. The van der Waals surface area contributed by atoms with Crippen LogP contribution in [0.4, 0.5) is 10.5 Å². The molecule has 22 heavy (non-hydrogen) atoms. The van der Waals surface area contributed by atoms with Crippen LogP contribution in [-0.2, 0) is 4.74 Å². The summed E-state index contributed by atoms with van der Waals surface area (Å²) in [5, 5.41) is 9.24. The molecule has 2 heterocycles. The summed E-state index contributed by atoms with van der Waals surface area (Å²) in [6.07, 6.45) is -0.294. The largest absolute Gasteiger partial charge is 0.444 e. The number of nitriles is 1. The first-order valence-corrected chi connectivity index (χ1v) is 7.47. The van der Waals surface area contributed by atoms with E-state index in [2.05, 4.69) is 9.88 Å². The van der Waals surface area contributed by atoms with Crippen LogP contribution in [0.2, 0.25) is 5.15 Å². The molecular weight excluding hydrogens is 304 g/mol. The van der Waals surface area contributed by atoms with Crippen molar-refractivity contribution >= 4 is 23.4 Å². The van der Waals surface area contributed by atoms with Crippen LogP contribution in [0.15, 0.2) is 12.1 Å². The van der Waals surface area contributed by atoms with Gasteiger partial charge in [-0.15, -0.1) is 0 Å². The highest BCUT2D eigenvalue weighted by atomic mass is 35.5. The molecule has 0 aliphatic carbocycles. The number of pyridine rings is 1. The van der Waals surface area contributed by atoms with Crippen molar-refractivity contribution in [3.05, 3.63) is 23.0 Å². The Hall–Kier alpha value is -2.00. The van der Waals surface area contributed by atoms with E-state index in [9.17, 15) is 4.79 Å². The lowest BCUT2D eigenvalue weighted by Crippen LogP contribution is -2.50. The quantitative estimate of drug-likeness (QED) is 0.743. The molecule has 1 fully saturated rings. The van der Waals surface area contributed by atoms with Gasteiger partial charge in [0.2, 0.25) is 0 Å². The summed E-state index contributed by atoms with van der Waals surface area (Å²) < 4.78 is 5.37. The van der Waals surface area contributed by atoms with E-state index in [4.69, 9.17) is 21.6 Å². The predicted octanol–water partition coefficient (Wildman–Crippen LogP) is 2.66. The van der Waals surface area contributed by atoms with E-state index >= 15 is 0 Å². The molecule has 6 nitrogen and oxygen atoms in total. The number of aromatic nitrogens is 1. The fourth-order valence-electron chi connectivity index (χ4n) is 2.20. The van der Waals surface area contributed by atoms with Crippen LogP contribution in [0.25, 0.3) is 0 Å². The first kappa shape index (κ1) is 16.4. The van der Waals surface area contributed by atoms with E-state index in [1.54, 1.807) is 17.0 Å². The van der Waals surface area contributed by atoms with Crippen LogP contribution in [0.1, 0.15) is 26.5 Å². The molecule has 1 aromatic heterocycles. The van der Waals surface area contributed by atoms with Crippen LogP contribution in [0.5, 0.6) is 0 Å². The number of ether oxygens (including phenoxy) is 1. The second-order valence-electron chi connectivity index (χ2n) is 6.10. The third-order valence-electron chi connectivity index (χ3n) is 3.19. The normalized spacial score (nSPS) is 15.4. The summed E-state index contributed by atoms with van der Waals surface area (Å²) in [7, 11) is 0. The Morgan fingerprint density at radius 2 is 1.95 bits per heavy atom. The monoisotopic (exact) mass is 322 g/mol. The van der Waals surface area contributed by atoms with Crippen molar-refractivity contribution in [3.8, 4) is 6.07 Å². The van der Waals surface area contributed by atoms with Gasteiger partial charge < -0.3 is 14.5 Å². The van der Waals surface area contributed by atoms with Gasteiger partial charge >= 0.3 is 6.09 Å². The SMILES string of the molecule is CC(C)(C)OC(=O)N1CCN(c2cc(Cl)nc(C#N)c2)CC1. The number of carbonyl (C=O) groups is 1. The van der Waals surface area contributed by atoms with Gasteiger partial charge in [-0.2, -0.15) is 5.26 Å². The highest BCUT2D eigenvalue weighted by molar-refractivity contribution is 6.29. The molecule has 0 atom stereocenters. The van der Waals surface area contributed by atoms with Crippen molar-refractivity contribution in [3.63, 3.8) is 0 Å². The lowest BCUT2D eigenvalue weighted by Gasteiger charge is -2.36. The smallest absolute Gasteiger partial charge is 0.410 e. The average molecular weight is 323 g/mol. The molecule has 0 radical (unpaired) electrons. The number of hydrogen-bond donors (Lipinski definition) is 0. The van der Waals surface area contributed by atoms with Crippen molar-refractivity contribution in [1.29, 1.82) is 5.26 Å². The maximum atomic E-state index is 12.0. The van der Waals surface area contributed by atoms with Gasteiger partial charge in [-0.3, -0.25) is 0 Å². The van der Waals surface area contributed by atoms with Gasteiger partial charge in [0.05, 0.1) is 0 Å². The van der Waals surface area contributed by atoms with Gasteiger partial charge in [0.1, 0.15) is 22.5 Å². The second-order valence-corrected chi connectivity index (χ2v) is 6.49. The number of amides is 1. The third-order valence-corrected chi connectivity index (χ3v) is 3.38. The second kappa shape index (κ2) is 6.41. The zero-order valence-corrected chi connectivity index (χ0v) is 13.7. The lowest BCUT2D eigenvalue weighted by atomic mass is 10.2. The predicted molar refractivity (Wildman–Crippen MR) is 84.0 cm³/mol. The van der Waals surface area contributed by atoms with Crippen LogP contribution >= 0.6 is 11.6 Å². The zero-order valence-electron chi connectivity index (χ0n) is 13.0. The Bertz CT molecular complexity index is 599. The van der Waals surface area contributed by atoms with E-state index in [1.807, 2.05) is 26.8 Å². The van der Waals surface area contributed by atoms with Gasteiger partial charge in [0.25, 0.3) is 0 Å². The summed E-state index contributed by atoms with van der Waals surface area (Å²) in [6, 6.07) is 5.42. The summed E-state index contributed by atoms with van der Waals surface area (Å²) in [5.74, 6) is 0. The molecule has 1 aromatic rings. The molecule has 7 heteroatoms. The van der Waals surface area contributed by atoms with E-state index in [-0.39, 0.29) is 11.8 Å². The average Bonchev–Trinajstić information content (AvgIpc) is 2.45. The molecule has 1 amide bonds. The molecule has 0 N–H and O–H groups in total. The zero-order chi connectivity index (χ0) is 16.3. The highest BCUT2D eigenvalue weighted by Gasteiger charge is 2.26. The van der Waals surface area contributed by atoms with Crippen molar-refractivity contribution in [2.45, 2.75) is 26.4 Å². The number of nitrogens with zero attached hydrogens (tertiary/aromatic N) is 4. The molecule has 1 aliphatic rings. The maximum Gasteiger partial charge on any atom is 0.410 e. The first-order valence-electron chi connectivity index (χ1n) is 7.09. The van der Waals surface area contributed by atoms with E-state index in [1.165, 1.54) is 0 Å². The minimum absolute atomic E-state index is 0.289. The molecule has 2 rings (SSSR count). The van der Waals surface area contributed by atoms with Gasteiger partial charge in [-0.25, -0.2) is 9.78 Å².